The van der Waals surface area contributed by atoms with E-state index in [0.717, 1.165) is 0 Å². The van der Waals surface area contributed by atoms with E-state index in [2.05, 4.69) is 0 Å². The Bertz CT molecular complexity index is 735. The molecule has 0 spiro atoms. The van der Waals surface area contributed by atoms with Gasteiger partial charge in [-0.3, -0.25) is 0 Å². The highest BCUT2D eigenvalue weighted by Crippen LogP contribution is 2.11. The Kier molecular flexibility index (Phi) is 6.76. The van der Waals surface area contributed by atoms with Crippen molar-refractivity contribution in [2.75, 3.05) is 0 Å². The number of para-hydroxylation sites is 3. The third-order valence-electron chi connectivity index (χ3n) is 2.83. The third-order valence-corrected chi connectivity index (χ3v) is 2.83. The minimum Gasteiger partial charge on any atom is -0.508 e. The van der Waals surface area contributed by atoms with E-state index in [1.807, 2.05) is 6.07 Å². The number of aromatic hydroxyl groups is 1. The largest absolute Gasteiger partial charge is 0.508 e. The smallest absolute Gasteiger partial charge is 0.423 e. The molecule has 0 radical (unpaired) electrons. The first-order valence-corrected chi connectivity index (χ1v) is 7.43. The van der Waals surface area contributed by atoms with Crippen molar-refractivity contribution < 1.29 is 24.2 Å². The molecule has 0 saturated carbocycles. The molecule has 0 fully saturated rings. The highest BCUT2D eigenvalue weighted by Gasteiger charge is 2.18. The van der Waals surface area contributed by atoms with Crippen molar-refractivity contribution in [3.63, 3.8) is 0 Å². The summed E-state index contributed by atoms with van der Waals surface area (Å²) in [7, 11) is 0. The summed E-state index contributed by atoms with van der Waals surface area (Å²) in [5.41, 5.74) is 0. The monoisotopic (exact) mass is 336 g/mol. The second kappa shape index (κ2) is 9.52. The van der Waals surface area contributed by atoms with Gasteiger partial charge in [0, 0.05) is 0 Å². The predicted octanol–water partition coefficient (Wildman–Crippen LogP) is 3.59. The van der Waals surface area contributed by atoms with E-state index in [4.69, 9.17) is 14.6 Å². The highest BCUT2D eigenvalue weighted by molar-refractivity contribution is 6.31. The third kappa shape index (κ3) is 6.58. The first kappa shape index (κ1) is 17.7. The summed E-state index contributed by atoms with van der Waals surface area (Å²) in [5, 5.41) is 8.63. The molecular weight excluding hydrogens is 320 g/mol. The summed E-state index contributed by atoms with van der Waals surface area (Å²) < 4.78 is 9.67. The van der Waals surface area contributed by atoms with Gasteiger partial charge >= 0.3 is 11.9 Å². The fraction of sp³-hybridized carbons (Fsp3) is 0. The Morgan fingerprint density at radius 3 is 1.16 bits per heavy atom. The molecule has 0 aliphatic heterocycles. The van der Waals surface area contributed by atoms with Crippen LogP contribution in [0.3, 0.4) is 0 Å². The zero-order valence-corrected chi connectivity index (χ0v) is 13.2. The molecular formula is C20H16O5. The minimum absolute atomic E-state index is 0.299. The molecule has 3 aromatic rings. The number of benzene rings is 3. The van der Waals surface area contributed by atoms with Gasteiger partial charge in [0.1, 0.15) is 17.2 Å². The zero-order valence-electron chi connectivity index (χ0n) is 13.2. The van der Waals surface area contributed by atoms with E-state index in [1.165, 1.54) is 0 Å². The number of carbonyl (C=O) groups is 2. The molecule has 1 N–H and O–H groups in total. The van der Waals surface area contributed by atoms with Crippen molar-refractivity contribution in [1.82, 2.24) is 0 Å². The van der Waals surface area contributed by atoms with Gasteiger partial charge in [-0.2, -0.15) is 0 Å². The minimum atomic E-state index is -1.05. The van der Waals surface area contributed by atoms with Crippen LogP contribution in [0.1, 0.15) is 0 Å². The topological polar surface area (TPSA) is 72.8 Å². The number of rotatable bonds is 2. The lowest BCUT2D eigenvalue weighted by atomic mass is 10.3. The quantitative estimate of drug-likeness (QED) is 0.440. The molecule has 0 aliphatic rings. The van der Waals surface area contributed by atoms with Crippen LogP contribution in [0.2, 0.25) is 0 Å². The summed E-state index contributed by atoms with van der Waals surface area (Å²) in [6.07, 6.45) is 0. The maximum absolute atomic E-state index is 11.4. The molecule has 25 heavy (non-hydrogen) atoms. The molecule has 5 heteroatoms. The highest BCUT2D eigenvalue weighted by atomic mass is 16.6. The Labute approximate surface area is 145 Å². The second-order valence-electron chi connectivity index (χ2n) is 4.74. The summed E-state index contributed by atoms with van der Waals surface area (Å²) >= 11 is 0. The number of hydrogen-bond acceptors (Lipinski definition) is 5. The van der Waals surface area contributed by atoms with Crippen LogP contribution in [0.15, 0.2) is 91.0 Å². The molecule has 0 aliphatic carbocycles. The lowest BCUT2D eigenvalue weighted by Crippen LogP contribution is -2.25. The Hall–Kier alpha value is -3.60. The van der Waals surface area contributed by atoms with E-state index in [9.17, 15) is 9.59 Å². The Morgan fingerprint density at radius 1 is 0.560 bits per heavy atom. The maximum Gasteiger partial charge on any atom is 0.423 e. The average Bonchev–Trinajstić information content (AvgIpc) is 2.64. The number of ether oxygens (including phenoxy) is 2. The maximum atomic E-state index is 11.4. The molecule has 5 nitrogen and oxygen atoms in total. The van der Waals surface area contributed by atoms with Crippen molar-refractivity contribution >= 4 is 11.9 Å². The van der Waals surface area contributed by atoms with Gasteiger partial charge < -0.3 is 14.6 Å². The first-order valence-electron chi connectivity index (χ1n) is 7.43. The molecule has 3 aromatic carbocycles. The molecule has 3 rings (SSSR count). The standard InChI is InChI=1S/C14H10O4.C6H6O/c15-13(17-11-7-3-1-4-8-11)14(16)18-12-9-5-2-6-10-12;7-6-4-2-1-3-5-6/h1-10H;1-5,7H. The van der Waals surface area contributed by atoms with Gasteiger partial charge in [0.05, 0.1) is 0 Å². The molecule has 0 bridgehead atoms. The predicted molar refractivity (Wildman–Crippen MR) is 92.3 cm³/mol. The fourth-order valence-electron chi connectivity index (χ4n) is 1.70. The van der Waals surface area contributed by atoms with Gasteiger partial charge in [0.25, 0.3) is 0 Å². The van der Waals surface area contributed by atoms with Crippen molar-refractivity contribution in [3.05, 3.63) is 91.0 Å². The van der Waals surface area contributed by atoms with Crippen LogP contribution >= 0.6 is 0 Å². The van der Waals surface area contributed by atoms with Crippen LogP contribution in [0, 0.1) is 0 Å². The van der Waals surface area contributed by atoms with Crippen molar-refractivity contribution in [3.8, 4) is 17.2 Å². The molecule has 0 saturated heterocycles. The summed E-state index contributed by atoms with van der Waals surface area (Å²) in [6, 6.07) is 25.4. The van der Waals surface area contributed by atoms with Gasteiger partial charge in [-0.15, -0.1) is 0 Å². The van der Waals surface area contributed by atoms with Crippen molar-refractivity contribution in [2.45, 2.75) is 0 Å². The van der Waals surface area contributed by atoms with E-state index in [1.54, 1.807) is 84.9 Å². The van der Waals surface area contributed by atoms with E-state index >= 15 is 0 Å². The van der Waals surface area contributed by atoms with Gasteiger partial charge in [0.2, 0.25) is 0 Å². The number of hydrogen-bond donors (Lipinski definition) is 1. The molecule has 0 heterocycles. The Balaban J connectivity index is 0.000000269. The van der Waals surface area contributed by atoms with Crippen LogP contribution in [0.25, 0.3) is 0 Å². The number of phenolic OH excluding ortho intramolecular Hbond substituents is 1. The molecule has 0 atom stereocenters. The summed E-state index contributed by atoms with van der Waals surface area (Å²) in [4.78, 5) is 22.8. The number of carbonyl (C=O) groups excluding carboxylic acids is 2. The van der Waals surface area contributed by atoms with Crippen molar-refractivity contribution in [1.29, 1.82) is 0 Å². The SMILES string of the molecule is O=C(Oc1ccccc1)C(=O)Oc1ccccc1.Oc1ccccc1. The lowest BCUT2D eigenvalue weighted by Gasteiger charge is -2.04. The van der Waals surface area contributed by atoms with Crippen LogP contribution in [-0.4, -0.2) is 17.0 Å². The molecule has 0 unspecified atom stereocenters. The lowest BCUT2D eigenvalue weighted by molar-refractivity contribution is -0.156. The summed E-state index contributed by atoms with van der Waals surface area (Å²) in [6.45, 7) is 0. The van der Waals surface area contributed by atoms with E-state index < -0.39 is 11.9 Å². The van der Waals surface area contributed by atoms with Crippen LogP contribution < -0.4 is 9.47 Å². The normalized spacial score (nSPS) is 9.28. The van der Waals surface area contributed by atoms with Gasteiger partial charge in [-0.1, -0.05) is 54.6 Å². The van der Waals surface area contributed by atoms with Gasteiger partial charge in [-0.05, 0) is 36.4 Å². The van der Waals surface area contributed by atoms with Crippen LogP contribution in [0.4, 0.5) is 0 Å². The van der Waals surface area contributed by atoms with Crippen LogP contribution in [0.5, 0.6) is 17.2 Å². The number of phenols is 1. The molecule has 0 aromatic heterocycles. The van der Waals surface area contributed by atoms with Gasteiger partial charge in [0.15, 0.2) is 0 Å². The molecule has 0 amide bonds. The molecule has 126 valence electrons. The second-order valence-corrected chi connectivity index (χ2v) is 4.74. The fourth-order valence-corrected chi connectivity index (χ4v) is 1.70. The average molecular weight is 336 g/mol. The Morgan fingerprint density at radius 2 is 0.880 bits per heavy atom. The van der Waals surface area contributed by atoms with Gasteiger partial charge in [-0.25, -0.2) is 9.59 Å². The van der Waals surface area contributed by atoms with E-state index in [0.29, 0.717) is 17.2 Å². The van der Waals surface area contributed by atoms with Crippen molar-refractivity contribution in [2.24, 2.45) is 0 Å². The zero-order chi connectivity index (χ0) is 17.9. The van der Waals surface area contributed by atoms with Crippen LogP contribution in [-0.2, 0) is 9.59 Å². The number of esters is 2. The first-order chi connectivity index (χ1) is 12.1. The summed E-state index contributed by atoms with van der Waals surface area (Å²) in [5.74, 6) is -1.18. The van der Waals surface area contributed by atoms with E-state index in [-0.39, 0.29) is 0 Å².